The highest BCUT2D eigenvalue weighted by molar-refractivity contribution is 14.0. The third kappa shape index (κ3) is 5.61. The zero-order valence-corrected chi connectivity index (χ0v) is 18.1. The second-order valence-corrected chi connectivity index (χ2v) is 6.19. The largest absolute Gasteiger partial charge is 0.495 e. The maximum absolute atomic E-state index is 6.11. The van der Waals surface area contributed by atoms with Crippen molar-refractivity contribution in [2.45, 2.75) is 6.54 Å². The molecule has 0 bridgehead atoms. The Morgan fingerprint density at radius 3 is 2.74 bits per heavy atom. The molecular weight excluding hydrogens is 477 g/mol. The number of benzene rings is 2. The quantitative estimate of drug-likeness (QED) is 0.313. The summed E-state index contributed by atoms with van der Waals surface area (Å²) in [5.41, 5.74) is 9.95. The minimum Gasteiger partial charge on any atom is -0.495 e. The lowest BCUT2D eigenvalue weighted by Crippen LogP contribution is -2.22. The molecule has 0 fully saturated rings. The monoisotopic (exact) mass is 497 g/mol. The van der Waals surface area contributed by atoms with Crippen LogP contribution in [0.15, 0.2) is 59.9 Å². The first-order valence-corrected chi connectivity index (χ1v) is 8.41. The van der Waals surface area contributed by atoms with Crippen LogP contribution in [0.4, 0.5) is 5.69 Å². The summed E-state index contributed by atoms with van der Waals surface area (Å²) in [6, 6.07) is 13.5. The topological polar surface area (TPSA) is 77.5 Å². The van der Waals surface area contributed by atoms with Crippen LogP contribution in [0.3, 0.4) is 0 Å². The smallest absolute Gasteiger partial charge is 0.193 e. The molecule has 27 heavy (non-hydrogen) atoms. The molecule has 3 N–H and O–H groups in total. The number of hydrogen-bond acceptors (Lipinski definition) is 3. The lowest BCUT2D eigenvalue weighted by molar-refractivity contribution is 0.415. The Bertz CT molecular complexity index is 941. The molecule has 0 unspecified atom stereocenters. The van der Waals surface area contributed by atoms with Gasteiger partial charge in [0.25, 0.3) is 0 Å². The van der Waals surface area contributed by atoms with E-state index < -0.39 is 0 Å². The molecule has 0 aliphatic carbocycles. The van der Waals surface area contributed by atoms with E-state index in [1.807, 2.05) is 43.7 Å². The number of hydrogen-bond donors (Lipinski definition) is 2. The summed E-state index contributed by atoms with van der Waals surface area (Å²) in [5.74, 6) is 0.929. The molecule has 0 atom stereocenters. The standard InChI is InChI=1S/C19H20ClN5O.HI/c1-25-12-15(11-23-25)14-5-3-4-13(8-14)10-22-19(21)24-16-6-7-18(26-2)17(20)9-16;/h3-9,11-12H,10H2,1-2H3,(H3,21,22,24);1H. The summed E-state index contributed by atoms with van der Waals surface area (Å²) in [7, 11) is 3.47. The second-order valence-electron chi connectivity index (χ2n) is 5.78. The number of halogens is 2. The summed E-state index contributed by atoms with van der Waals surface area (Å²) in [6.45, 7) is 0.469. The van der Waals surface area contributed by atoms with Crippen molar-refractivity contribution < 1.29 is 4.74 Å². The van der Waals surface area contributed by atoms with Crippen molar-refractivity contribution in [3.05, 3.63) is 65.4 Å². The molecule has 142 valence electrons. The molecular formula is C19H21ClIN5O. The van der Waals surface area contributed by atoms with E-state index >= 15 is 0 Å². The van der Waals surface area contributed by atoms with Gasteiger partial charge in [-0.1, -0.05) is 29.8 Å². The lowest BCUT2D eigenvalue weighted by atomic mass is 10.1. The van der Waals surface area contributed by atoms with Gasteiger partial charge in [-0.05, 0) is 35.4 Å². The Hall–Kier alpha value is -2.26. The molecule has 3 rings (SSSR count). The first-order valence-electron chi connectivity index (χ1n) is 8.03. The van der Waals surface area contributed by atoms with E-state index in [-0.39, 0.29) is 24.0 Å². The molecule has 0 aliphatic heterocycles. The molecule has 0 amide bonds. The SMILES string of the molecule is COc1ccc(NC(N)=NCc2cccc(-c3cnn(C)c3)c2)cc1Cl.I. The summed E-state index contributed by atoms with van der Waals surface area (Å²) in [4.78, 5) is 4.39. The number of rotatable bonds is 5. The van der Waals surface area contributed by atoms with E-state index in [0.717, 1.165) is 22.4 Å². The molecule has 2 aromatic carbocycles. The Balaban J connectivity index is 0.00000261. The molecule has 1 aromatic heterocycles. The first kappa shape index (κ1) is 21.0. The Kier molecular flexibility index (Phi) is 7.49. The number of nitrogens with zero attached hydrogens (tertiary/aromatic N) is 3. The van der Waals surface area contributed by atoms with E-state index in [1.54, 1.807) is 23.9 Å². The Morgan fingerprint density at radius 1 is 1.26 bits per heavy atom. The van der Waals surface area contributed by atoms with E-state index in [2.05, 4.69) is 21.5 Å². The van der Waals surface area contributed by atoms with Gasteiger partial charge in [0.2, 0.25) is 0 Å². The number of methoxy groups -OCH3 is 1. The van der Waals surface area contributed by atoms with E-state index in [9.17, 15) is 0 Å². The fourth-order valence-corrected chi connectivity index (χ4v) is 2.79. The van der Waals surface area contributed by atoms with Crippen molar-refractivity contribution in [2.24, 2.45) is 17.8 Å². The summed E-state index contributed by atoms with van der Waals surface area (Å²) in [6.07, 6.45) is 3.82. The number of nitrogens with two attached hydrogens (primary N) is 1. The number of anilines is 1. The summed E-state index contributed by atoms with van der Waals surface area (Å²) < 4.78 is 6.91. The van der Waals surface area contributed by atoms with Crippen molar-refractivity contribution in [2.75, 3.05) is 12.4 Å². The van der Waals surface area contributed by atoms with Gasteiger partial charge in [0.05, 0.1) is 24.9 Å². The van der Waals surface area contributed by atoms with Crippen molar-refractivity contribution >= 4 is 47.2 Å². The molecule has 0 aliphatic rings. The van der Waals surface area contributed by atoms with Crippen LogP contribution in [-0.2, 0) is 13.6 Å². The maximum Gasteiger partial charge on any atom is 0.193 e. The third-order valence-corrected chi connectivity index (χ3v) is 4.12. The van der Waals surface area contributed by atoms with Gasteiger partial charge in [-0.15, -0.1) is 24.0 Å². The fourth-order valence-electron chi connectivity index (χ4n) is 2.53. The van der Waals surface area contributed by atoms with Gasteiger partial charge in [0, 0.05) is 24.5 Å². The number of aromatic nitrogens is 2. The highest BCUT2D eigenvalue weighted by Crippen LogP contribution is 2.27. The number of guanidine groups is 1. The zero-order valence-electron chi connectivity index (χ0n) is 15.0. The van der Waals surface area contributed by atoms with Gasteiger partial charge in [0.1, 0.15) is 5.75 Å². The fraction of sp³-hybridized carbons (Fsp3) is 0.158. The number of aryl methyl sites for hydroxylation is 1. The molecule has 3 aromatic rings. The van der Waals surface area contributed by atoms with E-state index in [4.69, 9.17) is 22.1 Å². The minimum atomic E-state index is 0. The highest BCUT2D eigenvalue weighted by Gasteiger charge is 2.04. The van der Waals surface area contributed by atoms with Crippen LogP contribution in [0.5, 0.6) is 5.75 Å². The van der Waals surface area contributed by atoms with Gasteiger partial charge in [-0.25, -0.2) is 4.99 Å². The Morgan fingerprint density at radius 2 is 2.07 bits per heavy atom. The van der Waals surface area contributed by atoms with Gasteiger partial charge >= 0.3 is 0 Å². The van der Waals surface area contributed by atoms with E-state index in [0.29, 0.717) is 23.3 Å². The molecule has 0 spiro atoms. The van der Waals surface area contributed by atoms with Crippen LogP contribution in [0, 0.1) is 0 Å². The van der Waals surface area contributed by atoms with Crippen LogP contribution < -0.4 is 15.8 Å². The molecule has 0 saturated carbocycles. The van der Waals surface area contributed by atoms with Crippen molar-refractivity contribution in [3.8, 4) is 16.9 Å². The van der Waals surface area contributed by atoms with Gasteiger partial charge in [-0.3, -0.25) is 4.68 Å². The van der Waals surface area contributed by atoms with Crippen molar-refractivity contribution in [3.63, 3.8) is 0 Å². The van der Waals surface area contributed by atoms with Crippen LogP contribution in [0.25, 0.3) is 11.1 Å². The molecule has 1 heterocycles. The first-order chi connectivity index (χ1) is 12.5. The lowest BCUT2D eigenvalue weighted by Gasteiger charge is -2.08. The number of aliphatic imine (C=N–C) groups is 1. The average Bonchev–Trinajstić information content (AvgIpc) is 3.07. The summed E-state index contributed by atoms with van der Waals surface area (Å²) in [5, 5.41) is 7.74. The second kappa shape index (κ2) is 9.61. The number of nitrogens with one attached hydrogen (secondary N) is 1. The molecule has 8 heteroatoms. The van der Waals surface area contributed by atoms with Crippen LogP contribution in [0.1, 0.15) is 5.56 Å². The third-order valence-electron chi connectivity index (χ3n) is 3.82. The van der Waals surface area contributed by atoms with Crippen LogP contribution in [0.2, 0.25) is 5.02 Å². The Labute approximate surface area is 180 Å². The maximum atomic E-state index is 6.11. The normalized spacial score (nSPS) is 11.0. The van der Waals surface area contributed by atoms with Crippen molar-refractivity contribution in [1.82, 2.24) is 9.78 Å². The van der Waals surface area contributed by atoms with Crippen molar-refractivity contribution in [1.29, 1.82) is 0 Å². The minimum absolute atomic E-state index is 0. The predicted octanol–water partition coefficient (Wildman–Crippen LogP) is 4.29. The number of ether oxygens (including phenoxy) is 1. The van der Waals surface area contributed by atoms with Gasteiger partial charge in [-0.2, -0.15) is 5.10 Å². The van der Waals surface area contributed by atoms with E-state index in [1.165, 1.54) is 0 Å². The predicted molar refractivity (Wildman–Crippen MR) is 121 cm³/mol. The highest BCUT2D eigenvalue weighted by atomic mass is 127. The molecule has 0 radical (unpaired) electrons. The average molecular weight is 498 g/mol. The summed E-state index contributed by atoms with van der Waals surface area (Å²) >= 11 is 6.11. The molecule has 6 nitrogen and oxygen atoms in total. The zero-order chi connectivity index (χ0) is 18.5. The van der Waals surface area contributed by atoms with Crippen LogP contribution in [-0.4, -0.2) is 22.8 Å². The van der Waals surface area contributed by atoms with Gasteiger partial charge in [0.15, 0.2) is 5.96 Å². The van der Waals surface area contributed by atoms with Crippen LogP contribution >= 0.6 is 35.6 Å². The molecule has 0 saturated heterocycles. The van der Waals surface area contributed by atoms with Gasteiger partial charge < -0.3 is 15.8 Å².